The van der Waals surface area contributed by atoms with Crippen molar-refractivity contribution in [3.05, 3.63) is 46.4 Å². The number of carbonyl (C=O) groups is 2. The van der Waals surface area contributed by atoms with Gasteiger partial charge >= 0.3 is 0 Å². The maximum Gasteiger partial charge on any atom is 0.244 e. The van der Waals surface area contributed by atoms with Gasteiger partial charge in [0.25, 0.3) is 0 Å². The van der Waals surface area contributed by atoms with Crippen molar-refractivity contribution in [1.82, 2.24) is 9.21 Å². The second-order valence-corrected chi connectivity index (χ2v) is 12.0. The molecule has 2 aliphatic heterocycles. The SMILES string of the molecule is COc1ccc(OCCN2C[C@H](C(C)=O)[C@@H]3CCCC(C2=O)N3S(=O)(=O)c2cc(Cl)cc(Cl)c2)cc1OC. The molecule has 9 nitrogen and oxygen atoms in total. The fourth-order valence-electron chi connectivity index (χ4n) is 5.20. The van der Waals surface area contributed by atoms with Crippen molar-refractivity contribution in [2.75, 3.05) is 33.9 Å². The molecule has 0 N–H and O–H groups in total. The zero-order valence-corrected chi connectivity index (χ0v) is 23.7. The van der Waals surface area contributed by atoms with Gasteiger partial charge in [-0.25, -0.2) is 8.42 Å². The molecule has 38 heavy (non-hydrogen) atoms. The van der Waals surface area contributed by atoms with Crippen LogP contribution in [0.5, 0.6) is 17.2 Å². The topological polar surface area (TPSA) is 102 Å². The van der Waals surface area contributed by atoms with Crippen LogP contribution in [0.2, 0.25) is 10.0 Å². The molecular weight excluding hydrogens is 555 g/mol. The molecule has 2 fully saturated rings. The van der Waals surface area contributed by atoms with E-state index in [1.54, 1.807) is 18.2 Å². The minimum Gasteiger partial charge on any atom is -0.493 e. The van der Waals surface area contributed by atoms with Gasteiger partial charge in [0, 0.05) is 28.7 Å². The van der Waals surface area contributed by atoms with E-state index in [1.807, 2.05) is 0 Å². The first-order chi connectivity index (χ1) is 18.1. The molecule has 1 amide bonds. The standard InChI is InChI=1S/C26H30Cl2N2O7S/c1-16(31)21-15-29(9-10-37-19-7-8-24(35-2)25(14-19)36-3)26(32)23-6-4-5-22(21)30(23)38(33,34)20-12-17(27)11-18(28)13-20/h7-8,11-14,21-23H,4-6,9-10,15H2,1-3H3/t21-,22+,23?/m1/s1. The summed E-state index contributed by atoms with van der Waals surface area (Å²) in [7, 11) is -1.12. The van der Waals surface area contributed by atoms with Crippen LogP contribution in [0.1, 0.15) is 26.2 Å². The molecule has 4 rings (SSSR count). The van der Waals surface area contributed by atoms with Gasteiger partial charge in [-0.15, -0.1) is 0 Å². The molecule has 0 saturated carbocycles. The zero-order chi connectivity index (χ0) is 27.6. The first-order valence-corrected chi connectivity index (χ1v) is 14.4. The van der Waals surface area contributed by atoms with E-state index in [-0.39, 0.29) is 46.3 Å². The van der Waals surface area contributed by atoms with Crippen molar-refractivity contribution >= 4 is 44.9 Å². The van der Waals surface area contributed by atoms with Crippen LogP contribution in [0.15, 0.2) is 41.3 Å². The molecule has 206 valence electrons. The van der Waals surface area contributed by atoms with Crippen molar-refractivity contribution in [3.8, 4) is 17.2 Å². The third-order valence-corrected chi connectivity index (χ3v) is 9.36. The van der Waals surface area contributed by atoms with Crippen LogP contribution in [0.4, 0.5) is 0 Å². The summed E-state index contributed by atoms with van der Waals surface area (Å²) < 4.78 is 45.4. The predicted octanol–water partition coefficient (Wildman–Crippen LogP) is 4.05. The van der Waals surface area contributed by atoms with Crippen molar-refractivity contribution in [2.24, 2.45) is 5.92 Å². The van der Waals surface area contributed by atoms with E-state index in [1.165, 1.54) is 48.5 Å². The largest absolute Gasteiger partial charge is 0.493 e. The molecule has 1 unspecified atom stereocenters. The summed E-state index contributed by atoms with van der Waals surface area (Å²) in [4.78, 5) is 28.0. The van der Waals surface area contributed by atoms with Crippen LogP contribution >= 0.6 is 23.2 Å². The average molecular weight is 586 g/mol. The summed E-state index contributed by atoms with van der Waals surface area (Å²) in [5.74, 6) is 0.361. The van der Waals surface area contributed by atoms with Gasteiger partial charge in [-0.05, 0) is 56.5 Å². The molecule has 2 heterocycles. The Morgan fingerprint density at radius 3 is 2.34 bits per heavy atom. The third kappa shape index (κ3) is 5.73. The van der Waals surface area contributed by atoms with Crippen LogP contribution in [0.3, 0.4) is 0 Å². The monoisotopic (exact) mass is 584 g/mol. The number of Topliss-reactive ketones (excluding diaryl/α,β-unsaturated/α-hetero) is 1. The molecule has 0 spiro atoms. The van der Waals surface area contributed by atoms with E-state index >= 15 is 0 Å². The summed E-state index contributed by atoms with van der Waals surface area (Å²) in [5.41, 5.74) is 0. The Hall–Kier alpha value is -2.53. The van der Waals surface area contributed by atoms with Crippen molar-refractivity contribution in [1.29, 1.82) is 0 Å². The molecule has 2 bridgehead atoms. The van der Waals surface area contributed by atoms with Gasteiger partial charge in [0.1, 0.15) is 24.2 Å². The fraction of sp³-hybridized carbons (Fsp3) is 0.462. The highest BCUT2D eigenvalue weighted by molar-refractivity contribution is 7.89. The van der Waals surface area contributed by atoms with Crippen LogP contribution in [0, 0.1) is 5.92 Å². The van der Waals surface area contributed by atoms with Gasteiger partial charge < -0.3 is 19.1 Å². The number of sulfonamides is 1. The van der Waals surface area contributed by atoms with Crippen LogP contribution in [-0.4, -0.2) is 75.3 Å². The number of ether oxygens (including phenoxy) is 3. The van der Waals surface area contributed by atoms with Gasteiger partial charge in [0.15, 0.2) is 11.5 Å². The fourth-order valence-corrected chi connectivity index (χ4v) is 7.79. The van der Waals surface area contributed by atoms with E-state index in [0.29, 0.717) is 36.5 Å². The Bertz CT molecular complexity index is 1300. The molecule has 2 aromatic carbocycles. The highest BCUT2D eigenvalue weighted by Gasteiger charge is 2.51. The number of fused-ring (bicyclic) bond motifs is 2. The maximum absolute atomic E-state index is 13.9. The average Bonchev–Trinajstić information content (AvgIpc) is 2.95. The first-order valence-electron chi connectivity index (χ1n) is 12.2. The number of methoxy groups -OCH3 is 2. The van der Waals surface area contributed by atoms with Gasteiger partial charge in [-0.2, -0.15) is 4.31 Å². The molecule has 0 aromatic heterocycles. The first kappa shape index (κ1) is 28.5. The lowest BCUT2D eigenvalue weighted by atomic mass is 9.88. The molecule has 0 radical (unpaired) electrons. The number of piperidine rings is 1. The Balaban J connectivity index is 1.61. The molecule has 2 aromatic rings. The van der Waals surface area contributed by atoms with E-state index in [0.717, 1.165) is 0 Å². The highest BCUT2D eigenvalue weighted by atomic mass is 35.5. The Morgan fingerprint density at radius 1 is 1.03 bits per heavy atom. The number of halogens is 2. The number of hydrogen-bond donors (Lipinski definition) is 0. The summed E-state index contributed by atoms with van der Waals surface area (Å²) in [6.07, 6.45) is 1.45. The summed E-state index contributed by atoms with van der Waals surface area (Å²) in [6, 6.07) is 7.58. The smallest absolute Gasteiger partial charge is 0.244 e. The second kappa shape index (κ2) is 11.7. The molecular formula is C26H30Cl2N2O7S. The number of ketones is 1. The number of hydrogen-bond acceptors (Lipinski definition) is 7. The lowest BCUT2D eigenvalue weighted by Gasteiger charge is -2.40. The summed E-state index contributed by atoms with van der Waals surface area (Å²) >= 11 is 12.2. The maximum atomic E-state index is 13.9. The van der Waals surface area contributed by atoms with Gasteiger partial charge in [-0.1, -0.05) is 23.2 Å². The van der Waals surface area contributed by atoms with E-state index in [4.69, 9.17) is 37.4 Å². The highest BCUT2D eigenvalue weighted by Crippen LogP contribution is 2.38. The van der Waals surface area contributed by atoms with E-state index in [2.05, 4.69) is 0 Å². The number of carbonyl (C=O) groups excluding carboxylic acids is 2. The summed E-state index contributed by atoms with van der Waals surface area (Å²) in [5, 5.41) is 0.332. The molecule has 12 heteroatoms. The second-order valence-electron chi connectivity index (χ2n) is 9.32. The normalized spacial score (nSPS) is 22.1. The predicted molar refractivity (Wildman–Crippen MR) is 143 cm³/mol. The van der Waals surface area contributed by atoms with Gasteiger partial charge in [0.05, 0.1) is 31.6 Å². The van der Waals surface area contributed by atoms with E-state index in [9.17, 15) is 18.0 Å². The van der Waals surface area contributed by atoms with Crippen molar-refractivity contribution < 1.29 is 32.2 Å². The third-order valence-electron chi connectivity index (χ3n) is 7.01. The number of amides is 1. The minimum atomic E-state index is -4.18. The van der Waals surface area contributed by atoms with Crippen LogP contribution in [0.25, 0.3) is 0 Å². The molecule has 2 saturated heterocycles. The molecule has 3 atom stereocenters. The zero-order valence-electron chi connectivity index (χ0n) is 21.4. The quantitative estimate of drug-likeness (QED) is 0.438. The number of rotatable bonds is 9. The van der Waals surface area contributed by atoms with Crippen LogP contribution in [-0.2, 0) is 19.6 Å². The number of nitrogens with zero attached hydrogens (tertiary/aromatic N) is 2. The molecule has 2 aliphatic rings. The summed E-state index contributed by atoms with van der Waals surface area (Å²) in [6.45, 7) is 1.85. The van der Waals surface area contributed by atoms with Crippen molar-refractivity contribution in [2.45, 2.75) is 43.2 Å². The van der Waals surface area contributed by atoms with E-state index < -0.39 is 28.0 Å². The van der Waals surface area contributed by atoms with Crippen LogP contribution < -0.4 is 14.2 Å². The number of benzene rings is 2. The van der Waals surface area contributed by atoms with Gasteiger partial charge in [0.2, 0.25) is 15.9 Å². The Kier molecular flexibility index (Phi) is 8.76. The lowest BCUT2D eigenvalue weighted by molar-refractivity contribution is -0.135. The van der Waals surface area contributed by atoms with Gasteiger partial charge in [-0.3, -0.25) is 9.59 Å². The lowest BCUT2D eigenvalue weighted by Crippen LogP contribution is -2.55. The molecule has 0 aliphatic carbocycles. The minimum absolute atomic E-state index is 0.104. The Morgan fingerprint density at radius 2 is 1.71 bits per heavy atom. The van der Waals surface area contributed by atoms with Crippen molar-refractivity contribution in [3.63, 3.8) is 0 Å². The Labute approximate surface area is 232 Å².